The highest BCUT2D eigenvalue weighted by atomic mass is 19.1. The molecule has 2 aromatic carbocycles. The standard InChI is InChI=1S/C24H23FN4O5/c1-34-12-15-10-17-18(25)3-2-4-19(17)29(15)24(33)26-14-5-6-16-13(9-14)11-28(23(16)32)20-7-8-21(30)27-22(20)31/h2-6,9,15,20H,7-8,10-12H2,1H3,(H,26,33)(H,27,30,31)/t15-,20?/m1/s1. The largest absolute Gasteiger partial charge is 0.383 e. The summed E-state index contributed by atoms with van der Waals surface area (Å²) in [4.78, 5) is 52.7. The molecule has 3 aliphatic rings. The lowest BCUT2D eigenvalue weighted by atomic mass is 10.0. The number of nitrogens with zero attached hydrogens (tertiary/aromatic N) is 2. The topological polar surface area (TPSA) is 108 Å². The third-order valence-corrected chi connectivity index (χ3v) is 6.51. The van der Waals surface area contributed by atoms with Crippen LogP contribution in [0, 0.1) is 5.82 Å². The van der Waals surface area contributed by atoms with E-state index in [4.69, 9.17) is 4.74 Å². The van der Waals surface area contributed by atoms with Gasteiger partial charge in [0.25, 0.3) is 5.91 Å². The quantitative estimate of drug-likeness (QED) is 0.672. The number of carbonyl (C=O) groups excluding carboxylic acids is 4. The minimum atomic E-state index is -0.707. The van der Waals surface area contributed by atoms with Gasteiger partial charge in [-0.1, -0.05) is 6.07 Å². The number of piperidine rings is 1. The molecule has 1 saturated heterocycles. The second kappa shape index (κ2) is 8.53. The molecule has 5 amide bonds. The van der Waals surface area contributed by atoms with Gasteiger partial charge >= 0.3 is 6.03 Å². The zero-order valence-corrected chi connectivity index (χ0v) is 18.5. The molecule has 0 aromatic heterocycles. The molecular weight excluding hydrogens is 443 g/mol. The maximum Gasteiger partial charge on any atom is 0.326 e. The number of methoxy groups -OCH3 is 1. The summed E-state index contributed by atoms with van der Waals surface area (Å²) in [7, 11) is 1.53. The zero-order chi connectivity index (χ0) is 24.0. The number of nitrogens with one attached hydrogen (secondary N) is 2. The molecule has 176 valence electrons. The van der Waals surface area contributed by atoms with Gasteiger partial charge in [0.2, 0.25) is 11.8 Å². The fourth-order valence-electron chi connectivity index (χ4n) is 4.94. The Hall–Kier alpha value is -3.79. The van der Waals surface area contributed by atoms with Gasteiger partial charge in [-0.15, -0.1) is 0 Å². The molecule has 0 spiro atoms. The maximum atomic E-state index is 14.3. The number of carbonyl (C=O) groups is 4. The van der Waals surface area contributed by atoms with Crippen LogP contribution >= 0.6 is 0 Å². The first-order valence-electron chi connectivity index (χ1n) is 11.0. The van der Waals surface area contributed by atoms with Gasteiger partial charge in [-0.3, -0.25) is 24.6 Å². The van der Waals surface area contributed by atoms with Crippen LogP contribution in [0.1, 0.15) is 34.3 Å². The zero-order valence-electron chi connectivity index (χ0n) is 18.5. The molecule has 2 aromatic rings. The Labute approximate surface area is 194 Å². The van der Waals surface area contributed by atoms with Crippen molar-refractivity contribution >= 4 is 35.1 Å². The SMILES string of the molecule is COC[C@H]1Cc2c(F)cccc2N1C(=O)Nc1ccc2c(c1)CN(C1CCC(=O)NC1=O)C2=O. The lowest BCUT2D eigenvalue weighted by Crippen LogP contribution is -2.52. The summed E-state index contributed by atoms with van der Waals surface area (Å²) in [6, 6.07) is 8.08. The Morgan fingerprint density at radius 2 is 2.06 bits per heavy atom. The van der Waals surface area contributed by atoms with Crippen LogP contribution in [-0.4, -0.2) is 54.5 Å². The van der Waals surface area contributed by atoms with Crippen molar-refractivity contribution in [3.63, 3.8) is 0 Å². The average molecular weight is 466 g/mol. The minimum absolute atomic E-state index is 0.179. The fraction of sp³-hybridized carbons (Fsp3) is 0.333. The molecule has 1 fully saturated rings. The molecule has 0 aliphatic carbocycles. The first-order chi connectivity index (χ1) is 16.4. The molecule has 3 heterocycles. The molecule has 1 unspecified atom stereocenters. The Bertz CT molecular complexity index is 1220. The molecular formula is C24H23FN4O5. The van der Waals surface area contributed by atoms with E-state index in [0.29, 0.717) is 34.5 Å². The second-order valence-corrected chi connectivity index (χ2v) is 8.62. The summed E-state index contributed by atoms with van der Waals surface area (Å²) in [5, 5.41) is 5.12. The Kier molecular flexibility index (Phi) is 5.52. The highest BCUT2D eigenvalue weighted by Crippen LogP contribution is 2.35. The van der Waals surface area contributed by atoms with Crippen molar-refractivity contribution in [2.45, 2.75) is 37.9 Å². The predicted molar refractivity (Wildman–Crippen MR) is 120 cm³/mol. The van der Waals surface area contributed by atoms with E-state index < -0.39 is 18.0 Å². The van der Waals surface area contributed by atoms with Gasteiger partial charge in [-0.25, -0.2) is 9.18 Å². The summed E-state index contributed by atoms with van der Waals surface area (Å²) < 4.78 is 19.6. The molecule has 0 saturated carbocycles. The number of halogens is 1. The van der Waals surface area contributed by atoms with Crippen molar-refractivity contribution in [2.75, 3.05) is 23.9 Å². The summed E-state index contributed by atoms with van der Waals surface area (Å²) >= 11 is 0. The minimum Gasteiger partial charge on any atom is -0.383 e. The van der Waals surface area contributed by atoms with Gasteiger partial charge in [-0.2, -0.15) is 0 Å². The van der Waals surface area contributed by atoms with Gasteiger partial charge in [0.1, 0.15) is 11.9 Å². The fourth-order valence-corrected chi connectivity index (χ4v) is 4.94. The van der Waals surface area contributed by atoms with E-state index in [9.17, 15) is 23.6 Å². The van der Waals surface area contributed by atoms with Crippen molar-refractivity contribution in [1.29, 1.82) is 0 Å². The molecule has 3 aliphatic heterocycles. The van der Waals surface area contributed by atoms with Crippen LogP contribution in [0.2, 0.25) is 0 Å². The van der Waals surface area contributed by atoms with E-state index in [1.54, 1.807) is 30.3 Å². The number of urea groups is 1. The summed E-state index contributed by atoms with van der Waals surface area (Å²) in [6.07, 6.45) is 0.807. The number of benzene rings is 2. The van der Waals surface area contributed by atoms with Crippen LogP contribution in [0.15, 0.2) is 36.4 Å². The normalized spacial score (nSPS) is 21.4. The number of ether oxygens (including phenoxy) is 1. The van der Waals surface area contributed by atoms with Crippen molar-refractivity contribution in [3.05, 3.63) is 58.9 Å². The number of rotatable bonds is 4. The third-order valence-electron chi connectivity index (χ3n) is 6.51. The van der Waals surface area contributed by atoms with Gasteiger partial charge in [0, 0.05) is 43.3 Å². The smallest absolute Gasteiger partial charge is 0.326 e. The van der Waals surface area contributed by atoms with Gasteiger partial charge in [0.15, 0.2) is 0 Å². The molecule has 10 heteroatoms. The van der Waals surface area contributed by atoms with E-state index in [0.717, 1.165) is 0 Å². The van der Waals surface area contributed by atoms with Crippen molar-refractivity contribution < 1.29 is 28.3 Å². The molecule has 9 nitrogen and oxygen atoms in total. The lowest BCUT2D eigenvalue weighted by Gasteiger charge is -2.29. The molecule has 0 bridgehead atoms. The van der Waals surface area contributed by atoms with Crippen LogP contribution in [0.4, 0.5) is 20.6 Å². The van der Waals surface area contributed by atoms with Gasteiger partial charge in [-0.05, 0) is 42.3 Å². The highest BCUT2D eigenvalue weighted by molar-refractivity contribution is 6.07. The Morgan fingerprint density at radius 1 is 1.24 bits per heavy atom. The maximum absolute atomic E-state index is 14.3. The monoisotopic (exact) mass is 466 g/mol. The van der Waals surface area contributed by atoms with Crippen molar-refractivity contribution in [1.82, 2.24) is 10.2 Å². The lowest BCUT2D eigenvalue weighted by molar-refractivity contribution is -0.136. The molecule has 5 rings (SSSR count). The number of hydrogen-bond acceptors (Lipinski definition) is 5. The average Bonchev–Trinajstić information content (AvgIpc) is 3.32. The van der Waals surface area contributed by atoms with Gasteiger partial charge < -0.3 is 15.0 Å². The van der Waals surface area contributed by atoms with E-state index in [-0.39, 0.29) is 49.7 Å². The number of imide groups is 1. The third kappa shape index (κ3) is 3.69. The van der Waals surface area contributed by atoms with Gasteiger partial charge in [0.05, 0.1) is 18.3 Å². The van der Waals surface area contributed by atoms with Crippen molar-refractivity contribution in [2.24, 2.45) is 0 Å². The van der Waals surface area contributed by atoms with Crippen LogP contribution < -0.4 is 15.5 Å². The van der Waals surface area contributed by atoms with E-state index in [1.165, 1.54) is 23.0 Å². The van der Waals surface area contributed by atoms with E-state index in [2.05, 4.69) is 10.6 Å². The second-order valence-electron chi connectivity index (χ2n) is 8.62. The molecule has 0 radical (unpaired) electrons. The molecule has 2 N–H and O–H groups in total. The van der Waals surface area contributed by atoms with Crippen LogP contribution in [-0.2, 0) is 27.3 Å². The van der Waals surface area contributed by atoms with E-state index in [1.807, 2.05) is 0 Å². The summed E-state index contributed by atoms with van der Waals surface area (Å²) in [6.45, 7) is 0.454. The molecule has 2 atom stereocenters. The summed E-state index contributed by atoms with van der Waals surface area (Å²) in [5.74, 6) is -1.47. The van der Waals surface area contributed by atoms with E-state index >= 15 is 0 Å². The van der Waals surface area contributed by atoms with Crippen molar-refractivity contribution in [3.8, 4) is 0 Å². The Morgan fingerprint density at radius 3 is 2.82 bits per heavy atom. The summed E-state index contributed by atoms with van der Waals surface area (Å²) in [5.41, 5.74) is 2.57. The highest BCUT2D eigenvalue weighted by Gasteiger charge is 2.39. The van der Waals surface area contributed by atoms with Crippen LogP contribution in [0.5, 0.6) is 0 Å². The number of fused-ring (bicyclic) bond motifs is 2. The Balaban J connectivity index is 1.35. The first kappa shape index (κ1) is 22.0. The first-order valence-corrected chi connectivity index (χ1v) is 11.0. The molecule has 34 heavy (non-hydrogen) atoms. The van der Waals surface area contributed by atoms with Crippen LogP contribution in [0.25, 0.3) is 0 Å². The van der Waals surface area contributed by atoms with Crippen LogP contribution in [0.3, 0.4) is 0 Å². The number of amides is 5. The number of hydrogen-bond donors (Lipinski definition) is 2. The predicted octanol–water partition coefficient (Wildman–Crippen LogP) is 2.20. The number of anilines is 2.